The summed E-state index contributed by atoms with van der Waals surface area (Å²) < 4.78 is 134. The van der Waals surface area contributed by atoms with Crippen LogP contribution in [0.4, 0.5) is 36.7 Å². The highest BCUT2D eigenvalue weighted by Crippen LogP contribution is 2.65. The Labute approximate surface area is 709 Å². The first-order valence-corrected chi connectivity index (χ1v) is 44.1. The summed E-state index contributed by atoms with van der Waals surface area (Å²) in [5.41, 5.74) is 18.7. The van der Waals surface area contributed by atoms with Crippen LogP contribution < -0.4 is 35.9 Å². The lowest BCUT2D eigenvalue weighted by Crippen LogP contribution is -2.37. The number of fused-ring (bicyclic) bond motifs is 12. The first-order valence-electron chi connectivity index (χ1n) is 39.4. The topological polar surface area (TPSA) is 440 Å². The standard InChI is InChI=1S/C82H79BF2N18O18P2S/c1-4-111-39-60-95-66-69(100(60)41-82(2,3)108)54-15-7-9-17-56(54)94-75(66)96-81(107)113-36-46-21-27-51(28-22-46)116-62(105)20-12-11-19-61(104)99-35-49-13-5-6-14-53(49)70-65(55-16-8-10-18-57(55)99)97-98-103(70)33-34-112-50-31-25-48(26-32-50)80(106)117-52-29-23-47(24-30-52)40-124-123(110)115-38-59-71(63(84)78(119-59)101-44-92-67-73(86)88-42-90-76(67)101)120-122(83,109)114-37-58-72(121-123)64(85)79(118-58)102-45-93-68-74(87)89-43-91-77(68)102/h5-10,13-18,21-32,42-45,58-59,63-64,71-72,78-79,108H,4,11-12,19-20,33-41H2,1-3H3,(H2,86,88,90)(H2,87,89,91)(H,94,96,107)/q-1/t58-,59-,63-,64-,71-,72-,78-,79-,122+,123+/m1/s1. The molecule has 0 bridgehead atoms. The molecule has 17 rings (SSSR count). The van der Waals surface area contributed by atoms with E-state index in [-0.39, 0.29) is 115 Å². The lowest BCUT2D eigenvalue weighted by Gasteiger charge is -2.35. The molecule has 3 fully saturated rings. The fourth-order valence-corrected chi connectivity index (χ4v) is 19.4. The van der Waals surface area contributed by atoms with Crippen LogP contribution >= 0.6 is 25.7 Å². The fourth-order valence-electron chi connectivity index (χ4n) is 15.0. The largest absolute Gasteiger partial charge is 0.492 e. The maximum absolute atomic E-state index is 17.2. The van der Waals surface area contributed by atoms with E-state index >= 15 is 13.3 Å². The van der Waals surface area contributed by atoms with Crippen molar-refractivity contribution in [2.24, 2.45) is 0 Å². The number of rotatable bonds is 25. The smallest absolute Gasteiger partial charge is 0.413 e. The normalized spacial score (nSPS) is 21.5. The molecule has 639 valence electrons. The monoisotopic (exact) mass is 1750 g/mol. The fraction of sp³-hybridized carbons (Fsp3) is 0.317. The third-order valence-corrected chi connectivity index (χ3v) is 25.6. The molecular weight excluding hydrogens is 1670 g/mol. The van der Waals surface area contributed by atoms with Crippen molar-refractivity contribution in [3.8, 4) is 39.8 Å². The van der Waals surface area contributed by atoms with Gasteiger partial charge in [-0.15, -0.1) is 5.10 Å². The number of alkyl halides is 2. The van der Waals surface area contributed by atoms with Crippen LogP contribution in [0.15, 0.2) is 171 Å². The number of carbonyl (C=O) groups is 4. The number of unbranched alkanes of at least 4 members (excludes halogenated alkanes) is 1. The van der Waals surface area contributed by atoms with E-state index in [4.69, 9.17) is 85.4 Å². The number of imidazole rings is 3. The highest BCUT2D eigenvalue weighted by Gasteiger charge is 2.54. The highest BCUT2D eigenvalue weighted by atomic mass is 32.7. The summed E-state index contributed by atoms with van der Waals surface area (Å²) >= 11 is 0.641. The van der Waals surface area contributed by atoms with E-state index < -0.39 is 100 Å². The van der Waals surface area contributed by atoms with Crippen LogP contribution in [0.1, 0.15) is 91.8 Å². The van der Waals surface area contributed by atoms with Gasteiger partial charge >= 0.3 is 24.8 Å². The number of halogens is 2. The number of aliphatic hydroxyl groups is 1. The SMILES string of the molecule is [B-][P@]1(=O)OC[C@H]2O[C@@H](n3cnc4c(N)ncnc43)[C@H](F)[C@@H]2O[P@@](=O)(SCc2ccc(OC(=O)c3ccc(OCCn4nnc5c4-c4ccccc4CN(C(=O)CCCCC(=O)Oc4ccc(COC(=O)Nc6nc7ccccc7c7c6nc(COCC)n7CC(C)(C)O)cc4)c4ccccc4-5)cc3)cc2)OC[C@H]2O[C@@H](n3cnc4c(N)ncnc43)[C@H](F)[C@@H]2O1. The minimum atomic E-state index is -4.77. The Morgan fingerprint density at radius 2 is 1.31 bits per heavy atom. The number of nitrogens with zero attached hydrogens (tertiary/aromatic N) is 15. The molecule has 0 aliphatic carbocycles. The average molecular weight is 1750 g/mol. The molecule has 36 nitrogen and oxygen atoms in total. The molecule has 124 heavy (non-hydrogen) atoms. The van der Waals surface area contributed by atoms with Gasteiger partial charge < -0.3 is 80.4 Å². The minimum absolute atomic E-state index is 0.00325. The number of hydrogen-bond acceptors (Lipinski definition) is 31. The van der Waals surface area contributed by atoms with E-state index in [1.807, 2.05) is 84.3 Å². The number of ether oxygens (including phenoxy) is 7. The van der Waals surface area contributed by atoms with Gasteiger partial charge in [-0.3, -0.25) is 33.1 Å². The van der Waals surface area contributed by atoms with E-state index in [1.165, 1.54) is 33.9 Å². The van der Waals surface area contributed by atoms with Crippen molar-refractivity contribution in [1.82, 2.24) is 68.6 Å². The molecule has 3 radical (unpaired) electrons. The molecule has 10 atom stereocenters. The summed E-state index contributed by atoms with van der Waals surface area (Å²) in [4.78, 5) is 90.5. The van der Waals surface area contributed by atoms with Crippen molar-refractivity contribution in [3.05, 3.63) is 199 Å². The quantitative estimate of drug-likeness (QED) is 0.0136. The van der Waals surface area contributed by atoms with E-state index in [9.17, 15) is 28.8 Å². The first kappa shape index (κ1) is 84.2. The van der Waals surface area contributed by atoms with Crippen molar-refractivity contribution in [3.63, 3.8) is 0 Å². The van der Waals surface area contributed by atoms with Crippen molar-refractivity contribution in [1.29, 1.82) is 0 Å². The summed E-state index contributed by atoms with van der Waals surface area (Å²) in [6.45, 7) is 0.412. The highest BCUT2D eigenvalue weighted by molar-refractivity contribution is 8.54. The second-order valence-corrected chi connectivity index (χ2v) is 35.6. The third-order valence-electron chi connectivity index (χ3n) is 20.9. The Balaban J connectivity index is 0.492. The molecule has 4 aliphatic heterocycles. The molecular formula is C82H79BF2N18O18P2S-. The van der Waals surface area contributed by atoms with Gasteiger partial charge in [0.25, 0.3) is 0 Å². The number of benzene rings is 6. The molecule has 6 aromatic carbocycles. The van der Waals surface area contributed by atoms with Gasteiger partial charge in [0.05, 0.1) is 86.6 Å². The van der Waals surface area contributed by atoms with Gasteiger partial charge in [-0.2, -0.15) is 0 Å². The second kappa shape index (κ2) is 35.6. The van der Waals surface area contributed by atoms with Crippen molar-refractivity contribution < 1.29 is 93.4 Å². The average Bonchev–Trinajstić information content (AvgIpc) is 1.59. The zero-order valence-electron chi connectivity index (χ0n) is 66.6. The Hall–Kier alpha value is -12.1. The Morgan fingerprint density at radius 3 is 2.01 bits per heavy atom. The molecule has 13 aromatic rings. The summed E-state index contributed by atoms with van der Waals surface area (Å²) in [5, 5.41) is 23.7. The van der Waals surface area contributed by atoms with Crippen molar-refractivity contribution >= 4 is 125 Å². The van der Waals surface area contributed by atoms with Crippen molar-refractivity contribution in [2.75, 3.05) is 48.1 Å². The summed E-state index contributed by atoms with van der Waals surface area (Å²) in [6.07, 6.45) is -9.24. The molecule has 0 spiro atoms. The number of nitrogen functional groups attached to an aromatic ring is 2. The molecule has 7 aromatic heterocycles. The first-order chi connectivity index (χ1) is 59.9. The number of pyridine rings is 1. The summed E-state index contributed by atoms with van der Waals surface area (Å²) in [7, 11) is 1.32. The lowest BCUT2D eigenvalue weighted by atomic mass is 9.95. The van der Waals surface area contributed by atoms with E-state index in [0.29, 0.717) is 92.8 Å². The number of carbonyl (C=O) groups excluding carboxylic acids is 4. The molecule has 2 amide bonds. The van der Waals surface area contributed by atoms with Gasteiger partial charge in [0.15, 0.2) is 53.5 Å². The Kier molecular flexibility index (Phi) is 24.2. The van der Waals surface area contributed by atoms with Gasteiger partial charge in [0.1, 0.15) is 102 Å². The van der Waals surface area contributed by atoms with Crippen LogP contribution in [0, 0.1) is 0 Å². The van der Waals surface area contributed by atoms with Gasteiger partial charge in [-0.25, -0.2) is 67.5 Å². The maximum atomic E-state index is 17.2. The zero-order valence-corrected chi connectivity index (χ0v) is 69.2. The third kappa shape index (κ3) is 18.0. The Morgan fingerprint density at radius 1 is 0.694 bits per heavy atom. The second-order valence-electron chi connectivity index (χ2n) is 30.0. The van der Waals surface area contributed by atoms with Crippen LogP contribution in [-0.4, -0.2) is 174 Å². The van der Waals surface area contributed by atoms with Gasteiger partial charge in [-0.1, -0.05) is 90.1 Å². The molecule has 3 saturated heterocycles. The minimum Gasteiger partial charge on any atom is -0.492 e. The number of anilines is 4. The summed E-state index contributed by atoms with van der Waals surface area (Å²) in [6, 6.07) is 41.8. The molecule has 42 heteroatoms. The molecule has 11 heterocycles. The molecule has 0 unspecified atom stereocenters. The zero-order chi connectivity index (χ0) is 86.1. The summed E-state index contributed by atoms with van der Waals surface area (Å²) in [5.74, 6) is 0.166. The van der Waals surface area contributed by atoms with Gasteiger partial charge in [-0.05, 0) is 122 Å². The maximum Gasteiger partial charge on any atom is 0.413 e. The predicted molar refractivity (Wildman–Crippen MR) is 447 cm³/mol. The molecule has 4 aliphatic rings. The van der Waals surface area contributed by atoms with Crippen LogP contribution in [0.2, 0.25) is 0 Å². The number of aromatic nitrogens is 14. The van der Waals surface area contributed by atoms with Gasteiger partial charge in [0.2, 0.25) is 5.91 Å². The van der Waals surface area contributed by atoms with E-state index in [0.717, 1.165) is 34.9 Å². The number of hydrogen-bond donors (Lipinski definition) is 4. The van der Waals surface area contributed by atoms with E-state index in [1.54, 1.807) is 84.1 Å². The van der Waals surface area contributed by atoms with E-state index in [2.05, 4.69) is 40.4 Å². The van der Waals surface area contributed by atoms with Crippen molar-refractivity contribution in [2.45, 2.75) is 140 Å². The number of nitrogens with one attached hydrogen (secondary N) is 1. The molecule has 0 saturated carbocycles. The van der Waals surface area contributed by atoms with Gasteiger partial charge in [0, 0.05) is 41.7 Å². The number of esters is 2. The molecule has 6 N–H and O–H groups in total. The Bertz CT molecular complexity index is 6290. The van der Waals surface area contributed by atoms with Crippen LogP contribution in [0.3, 0.4) is 0 Å². The van der Waals surface area contributed by atoms with Crippen LogP contribution in [-0.2, 0) is 94.4 Å². The van der Waals surface area contributed by atoms with Crippen LogP contribution in [0.5, 0.6) is 17.2 Å². The lowest BCUT2D eigenvalue weighted by molar-refractivity contribution is -0.134. The number of amides is 2. The number of nitrogens with two attached hydrogens (primary N) is 2. The van der Waals surface area contributed by atoms with Crippen LogP contribution in [0.25, 0.3) is 66.8 Å². The predicted octanol–water partition coefficient (Wildman–Crippen LogP) is 12.6. The number of para-hydroxylation sites is 2.